The zero-order valence-electron chi connectivity index (χ0n) is 14.2. The lowest BCUT2D eigenvalue weighted by atomic mass is 9.95. The van der Waals surface area contributed by atoms with Crippen molar-refractivity contribution in [3.05, 3.63) is 64.9 Å². The minimum Gasteiger partial charge on any atom is -0.367 e. The highest BCUT2D eigenvalue weighted by molar-refractivity contribution is 6.31. The number of nitrogens with one attached hydrogen (secondary N) is 1. The third kappa shape index (κ3) is 3.93. The van der Waals surface area contributed by atoms with Gasteiger partial charge >= 0.3 is 0 Å². The van der Waals surface area contributed by atoms with Crippen LogP contribution in [0.1, 0.15) is 43.5 Å². The molecule has 1 saturated carbocycles. The van der Waals surface area contributed by atoms with E-state index in [0.29, 0.717) is 11.1 Å². The van der Waals surface area contributed by atoms with E-state index in [0.717, 1.165) is 29.0 Å². The van der Waals surface area contributed by atoms with Crippen LogP contribution in [0.4, 0.5) is 5.82 Å². The van der Waals surface area contributed by atoms with Crippen molar-refractivity contribution in [2.24, 2.45) is 0 Å². The molecule has 1 heterocycles. The first-order chi connectivity index (χ1) is 12.3. The second kappa shape index (κ2) is 7.40. The second-order valence-corrected chi connectivity index (χ2v) is 7.23. The summed E-state index contributed by atoms with van der Waals surface area (Å²) >= 11 is 6.19. The Balaban J connectivity index is 1.70. The van der Waals surface area contributed by atoms with Gasteiger partial charge in [0, 0.05) is 22.9 Å². The normalized spacial score (nSPS) is 15.4. The van der Waals surface area contributed by atoms with Crippen molar-refractivity contribution in [2.75, 3.05) is 5.32 Å². The van der Waals surface area contributed by atoms with Gasteiger partial charge in [0.1, 0.15) is 11.6 Å². The fourth-order valence-corrected chi connectivity index (χ4v) is 3.73. The van der Waals surface area contributed by atoms with Crippen LogP contribution in [0.3, 0.4) is 0 Å². The van der Waals surface area contributed by atoms with Gasteiger partial charge in [-0.05, 0) is 36.6 Å². The quantitative estimate of drug-likeness (QED) is 0.663. The monoisotopic (exact) mass is 351 g/mol. The van der Waals surface area contributed by atoms with Crippen molar-refractivity contribution in [3.63, 3.8) is 0 Å². The molecular formula is C21H22ClN3. The minimum atomic E-state index is 0.507. The Hall–Kier alpha value is -2.13. The molecule has 4 rings (SSSR count). The average Bonchev–Trinajstić information content (AvgIpc) is 2.63. The van der Waals surface area contributed by atoms with Crippen molar-refractivity contribution in [1.82, 2.24) is 9.97 Å². The van der Waals surface area contributed by atoms with Crippen LogP contribution in [-0.2, 0) is 6.42 Å². The predicted octanol–water partition coefficient (Wildman–Crippen LogP) is 5.62. The first-order valence-corrected chi connectivity index (χ1v) is 9.42. The highest BCUT2D eigenvalue weighted by Crippen LogP contribution is 2.27. The molecule has 2 aromatic carbocycles. The molecule has 1 N–H and O–H groups in total. The van der Waals surface area contributed by atoms with Crippen LogP contribution in [0.25, 0.3) is 10.9 Å². The van der Waals surface area contributed by atoms with Crippen LogP contribution in [0, 0.1) is 0 Å². The molecule has 0 aliphatic heterocycles. The molecule has 3 aromatic rings. The molecule has 0 amide bonds. The minimum absolute atomic E-state index is 0.507. The standard InChI is InChI=1S/C21H22ClN3/c22-16-11-12-18-19(14-16)24-20(13-15-7-3-1-4-8-15)25-21(18)23-17-9-5-2-6-10-17/h1,3-4,7-8,11-12,14,17H,2,5-6,9-10,13H2,(H,23,24,25). The predicted molar refractivity (Wildman–Crippen MR) is 104 cm³/mol. The Kier molecular flexibility index (Phi) is 4.84. The maximum absolute atomic E-state index is 6.19. The zero-order valence-corrected chi connectivity index (χ0v) is 15.0. The second-order valence-electron chi connectivity index (χ2n) is 6.79. The number of hydrogen-bond acceptors (Lipinski definition) is 3. The molecule has 25 heavy (non-hydrogen) atoms. The van der Waals surface area contributed by atoms with E-state index in [-0.39, 0.29) is 0 Å². The van der Waals surface area contributed by atoms with Crippen molar-refractivity contribution < 1.29 is 0 Å². The van der Waals surface area contributed by atoms with Gasteiger partial charge in [-0.3, -0.25) is 0 Å². The Labute approximate surface area is 153 Å². The van der Waals surface area contributed by atoms with Crippen LogP contribution in [0.15, 0.2) is 48.5 Å². The number of hydrogen-bond donors (Lipinski definition) is 1. The summed E-state index contributed by atoms with van der Waals surface area (Å²) in [7, 11) is 0. The molecule has 1 aliphatic rings. The van der Waals surface area contributed by atoms with E-state index in [4.69, 9.17) is 21.6 Å². The molecule has 0 bridgehead atoms. The van der Waals surface area contributed by atoms with Crippen molar-refractivity contribution in [3.8, 4) is 0 Å². The number of anilines is 1. The lowest BCUT2D eigenvalue weighted by molar-refractivity contribution is 0.462. The van der Waals surface area contributed by atoms with Crippen LogP contribution < -0.4 is 5.32 Å². The zero-order chi connectivity index (χ0) is 17.1. The summed E-state index contributed by atoms with van der Waals surface area (Å²) in [6.07, 6.45) is 7.09. The molecule has 0 radical (unpaired) electrons. The van der Waals surface area contributed by atoms with Gasteiger partial charge in [-0.1, -0.05) is 61.2 Å². The third-order valence-electron chi connectivity index (χ3n) is 4.86. The van der Waals surface area contributed by atoms with Gasteiger partial charge in [-0.15, -0.1) is 0 Å². The molecule has 1 aromatic heterocycles. The molecule has 1 fully saturated rings. The van der Waals surface area contributed by atoms with Gasteiger partial charge in [0.15, 0.2) is 0 Å². The van der Waals surface area contributed by atoms with Gasteiger partial charge < -0.3 is 5.32 Å². The van der Waals surface area contributed by atoms with Crippen LogP contribution >= 0.6 is 11.6 Å². The third-order valence-corrected chi connectivity index (χ3v) is 5.09. The molecule has 4 heteroatoms. The number of halogens is 1. The number of nitrogens with zero attached hydrogens (tertiary/aromatic N) is 2. The molecule has 0 unspecified atom stereocenters. The smallest absolute Gasteiger partial charge is 0.137 e. The van der Waals surface area contributed by atoms with Gasteiger partial charge in [0.2, 0.25) is 0 Å². The molecule has 3 nitrogen and oxygen atoms in total. The molecule has 0 spiro atoms. The van der Waals surface area contributed by atoms with E-state index < -0.39 is 0 Å². The fraction of sp³-hybridized carbons (Fsp3) is 0.333. The highest BCUT2D eigenvalue weighted by Gasteiger charge is 2.16. The molecule has 128 valence electrons. The van der Waals surface area contributed by atoms with E-state index in [9.17, 15) is 0 Å². The Morgan fingerprint density at radius 2 is 1.76 bits per heavy atom. The Morgan fingerprint density at radius 1 is 0.960 bits per heavy atom. The van der Waals surface area contributed by atoms with Gasteiger partial charge in [-0.2, -0.15) is 0 Å². The highest BCUT2D eigenvalue weighted by atomic mass is 35.5. The maximum Gasteiger partial charge on any atom is 0.137 e. The van der Waals surface area contributed by atoms with Crippen LogP contribution in [-0.4, -0.2) is 16.0 Å². The largest absolute Gasteiger partial charge is 0.367 e. The Morgan fingerprint density at radius 3 is 2.56 bits per heavy atom. The molecular weight excluding hydrogens is 330 g/mol. The van der Waals surface area contributed by atoms with Gasteiger partial charge in [-0.25, -0.2) is 9.97 Å². The number of benzene rings is 2. The van der Waals surface area contributed by atoms with E-state index in [1.165, 1.54) is 37.7 Å². The van der Waals surface area contributed by atoms with E-state index >= 15 is 0 Å². The topological polar surface area (TPSA) is 37.8 Å². The van der Waals surface area contributed by atoms with Crippen LogP contribution in [0.5, 0.6) is 0 Å². The van der Waals surface area contributed by atoms with E-state index in [1.54, 1.807) is 0 Å². The van der Waals surface area contributed by atoms with Crippen molar-refractivity contribution >= 4 is 28.3 Å². The number of aromatic nitrogens is 2. The summed E-state index contributed by atoms with van der Waals surface area (Å²) in [5, 5.41) is 5.43. The first-order valence-electron chi connectivity index (χ1n) is 9.04. The Bertz CT molecular complexity index is 858. The first kappa shape index (κ1) is 16.3. The van der Waals surface area contributed by atoms with Crippen molar-refractivity contribution in [2.45, 2.75) is 44.6 Å². The SMILES string of the molecule is Clc1ccc2c(NC3CCCCC3)nc(Cc3ccccc3)nc2c1. The summed E-state index contributed by atoms with van der Waals surface area (Å²) in [5.74, 6) is 1.78. The number of fused-ring (bicyclic) bond motifs is 1. The summed E-state index contributed by atoms with van der Waals surface area (Å²) < 4.78 is 0. The van der Waals surface area contributed by atoms with Crippen molar-refractivity contribution in [1.29, 1.82) is 0 Å². The lowest BCUT2D eigenvalue weighted by Crippen LogP contribution is -2.23. The van der Waals surface area contributed by atoms with E-state index in [1.807, 2.05) is 24.3 Å². The summed E-state index contributed by atoms with van der Waals surface area (Å²) in [5.41, 5.74) is 2.12. The summed E-state index contributed by atoms with van der Waals surface area (Å²) in [6.45, 7) is 0. The van der Waals surface area contributed by atoms with E-state index in [2.05, 4.69) is 29.6 Å². The molecule has 0 saturated heterocycles. The molecule has 0 atom stereocenters. The lowest BCUT2D eigenvalue weighted by Gasteiger charge is -2.24. The summed E-state index contributed by atoms with van der Waals surface area (Å²) in [6, 6.07) is 16.7. The summed E-state index contributed by atoms with van der Waals surface area (Å²) in [4.78, 5) is 9.60. The average molecular weight is 352 g/mol. The van der Waals surface area contributed by atoms with Gasteiger partial charge in [0.05, 0.1) is 5.52 Å². The van der Waals surface area contributed by atoms with Crippen LogP contribution in [0.2, 0.25) is 5.02 Å². The van der Waals surface area contributed by atoms with Gasteiger partial charge in [0.25, 0.3) is 0 Å². The number of rotatable bonds is 4. The maximum atomic E-state index is 6.19. The fourth-order valence-electron chi connectivity index (χ4n) is 3.56. The molecule has 1 aliphatic carbocycles.